The summed E-state index contributed by atoms with van der Waals surface area (Å²) in [5.41, 5.74) is 1.59. The third-order valence-electron chi connectivity index (χ3n) is 4.13. The fourth-order valence-corrected chi connectivity index (χ4v) is 3.59. The molecule has 0 N–H and O–H groups in total. The highest BCUT2D eigenvalue weighted by atomic mass is 32.2. The number of pyridine rings is 1. The molecule has 0 bridgehead atoms. The molecular formula is C20H17FN6OS. The second-order valence-electron chi connectivity index (χ2n) is 6.15. The van der Waals surface area contributed by atoms with Gasteiger partial charge < -0.3 is 4.42 Å². The van der Waals surface area contributed by atoms with Crippen molar-refractivity contribution in [3.63, 3.8) is 0 Å². The molecule has 0 fully saturated rings. The normalized spacial score (nSPS) is 12.1. The van der Waals surface area contributed by atoms with Gasteiger partial charge in [-0.25, -0.2) is 4.39 Å². The van der Waals surface area contributed by atoms with E-state index in [9.17, 15) is 4.39 Å². The molecule has 4 aromatic rings. The number of nitrogens with zero attached hydrogens (tertiary/aromatic N) is 6. The van der Waals surface area contributed by atoms with Gasteiger partial charge in [0, 0.05) is 30.1 Å². The number of allylic oxidation sites excluding steroid dienone is 1. The summed E-state index contributed by atoms with van der Waals surface area (Å²) in [6.45, 7) is 6.34. The van der Waals surface area contributed by atoms with E-state index in [1.54, 1.807) is 30.6 Å². The van der Waals surface area contributed by atoms with Crippen LogP contribution in [0.1, 0.15) is 18.1 Å². The molecule has 0 aliphatic carbocycles. The van der Waals surface area contributed by atoms with E-state index in [2.05, 4.69) is 32.0 Å². The summed E-state index contributed by atoms with van der Waals surface area (Å²) < 4.78 is 20.9. The first-order chi connectivity index (χ1) is 14.2. The van der Waals surface area contributed by atoms with Crippen LogP contribution in [0, 0.1) is 5.82 Å². The van der Waals surface area contributed by atoms with E-state index < -0.39 is 0 Å². The number of thioether (sulfide) groups is 1. The number of rotatable bonds is 7. The molecule has 3 heterocycles. The van der Waals surface area contributed by atoms with Crippen molar-refractivity contribution in [2.45, 2.75) is 23.9 Å². The van der Waals surface area contributed by atoms with Gasteiger partial charge in [0.25, 0.3) is 0 Å². The first kappa shape index (κ1) is 19.0. The quantitative estimate of drug-likeness (QED) is 0.327. The van der Waals surface area contributed by atoms with Crippen molar-refractivity contribution >= 4 is 11.8 Å². The molecule has 0 radical (unpaired) electrons. The number of aromatic nitrogens is 6. The Balaban J connectivity index is 1.57. The van der Waals surface area contributed by atoms with E-state index in [1.165, 1.54) is 23.9 Å². The lowest BCUT2D eigenvalue weighted by atomic mass is 10.2. The van der Waals surface area contributed by atoms with E-state index in [4.69, 9.17) is 4.42 Å². The Labute approximate surface area is 170 Å². The third-order valence-corrected chi connectivity index (χ3v) is 5.20. The first-order valence-electron chi connectivity index (χ1n) is 8.86. The Morgan fingerprint density at radius 2 is 1.83 bits per heavy atom. The van der Waals surface area contributed by atoms with E-state index in [1.807, 2.05) is 23.6 Å². The Morgan fingerprint density at radius 1 is 1.07 bits per heavy atom. The second kappa shape index (κ2) is 8.36. The topological polar surface area (TPSA) is 82.5 Å². The van der Waals surface area contributed by atoms with Crippen LogP contribution < -0.4 is 0 Å². The Bertz CT molecular complexity index is 1110. The highest BCUT2D eigenvalue weighted by Gasteiger charge is 2.21. The average Bonchev–Trinajstić information content (AvgIpc) is 3.38. The molecule has 146 valence electrons. The molecule has 9 heteroatoms. The maximum Gasteiger partial charge on any atom is 0.247 e. The van der Waals surface area contributed by atoms with Gasteiger partial charge in [-0.1, -0.05) is 17.8 Å². The molecule has 29 heavy (non-hydrogen) atoms. The van der Waals surface area contributed by atoms with Crippen molar-refractivity contribution in [3.8, 4) is 22.8 Å². The molecule has 0 spiro atoms. The lowest BCUT2D eigenvalue weighted by Gasteiger charge is -2.09. The van der Waals surface area contributed by atoms with Crippen molar-refractivity contribution < 1.29 is 8.81 Å². The Kier molecular flexibility index (Phi) is 5.48. The summed E-state index contributed by atoms with van der Waals surface area (Å²) in [4.78, 5) is 4.04. The van der Waals surface area contributed by atoms with Crippen molar-refractivity contribution in [2.75, 3.05) is 0 Å². The molecule has 1 aromatic carbocycles. The van der Waals surface area contributed by atoms with Gasteiger partial charge >= 0.3 is 0 Å². The summed E-state index contributed by atoms with van der Waals surface area (Å²) >= 11 is 1.46. The zero-order chi connectivity index (χ0) is 20.2. The summed E-state index contributed by atoms with van der Waals surface area (Å²) in [7, 11) is 0. The van der Waals surface area contributed by atoms with Crippen LogP contribution in [-0.2, 0) is 6.54 Å². The van der Waals surface area contributed by atoms with E-state index in [0.29, 0.717) is 29.0 Å². The minimum Gasteiger partial charge on any atom is -0.419 e. The van der Waals surface area contributed by atoms with Crippen molar-refractivity contribution in [3.05, 3.63) is 73.2 Å². The number of hydrogen-bond donors (Lipinski definition) is 0. The molecule has 3 aromatic heterocycles. The minimum atomic E-state index is -0.316. The highest BCUT2D eigenvalue weighted by Crippen LogP contribution is 2.35. The van der Waals surface area contributed by atoms with Crippen molar-refractivity contribution in [2.24, 2.45) is 0 Å². The summed E-state index contributed by atoms with van der Waals surface area (Å²) in [5.74, 6) is 1.22. The maximum absolute atomic E-state index is 13.1. The molecule has 1 atom stereocenters. The smallest absolute Gasteiger partial charge is 0.247 e. The molecule has 7 nitrogen and oxygen atoms in total. The van der Waals surface area contributed by atoms with Crippen LogP contribution in [0.15, 0.2) is 71.0 Å². The van der Waals surface area contributed by atoms with Gasteiger partial charge in [0.1, 0.15) is 5.82 Å². The zero-order valence-electron chi connectivity index (χ0n) is 15.6. The standard InChI is InChI=1S/C20H17FN6OS/c1-3-12-27-17(14-8-10-22-11-9-14)23-26-20(27)29-13(2)18-24-25-19(28-18)15-4-6-16(21)7-5-15/h3-11,13H,1,12H2,2H3/t13-/m1/s1. The summed E-state index contributed by atoms with van der Waals surface area (Å²) in [6.07, 6.45) is 5.22. The highest BCUT2D eigenvalue weighted by molar-refractivity contribution is 7.99. The average molecular weight is 408 g/mol. The van der Waals surface area contributed by atoms with Gasteiger partial charge in [0.05, 0.1) is 5.25 Å². The van der Waals surface area contributed by atoms with E-state index in [-0.39, 0.29) is 11.1 Å². The molecule has 0 unspecified atom stereocenters. The van der Waals surface area contributed by atoms with Crippen LogP contribution in [0.5, 0.6) is 0 Å². The molecule has 0 aliphatic rings. The van der Waals surface area contributed by atoms with Crippen LogP contribution in [0.4, 0.5) is 4.39 Å². The van der Waals surface area contributed by atoms with Crippen molar-refractivity contribution in [1.29, 1.82) is 0 Å². The van der Waals surface area contributed by atoms with Gasteiger partial charge in [-0.3, -0.25) is 9.55 Å². The van der Waals surface area contributed by atoms with Gasteiger partial charge in [-0.15, -0.1) is 27.0 Å². The van der Waals surface area contributed by atoms with Crippen LogP contribution in [0.3, 0.4) is 0 Å². The number of benzene rings is 1. The monoisotopic (exact) mass is 408 g/mol. The number of hydrogen-bond acceptors (Lipinski definition) is 7. The molecule has 0 aliphatic heterocycles. The van der Waals surface area contributed by atoms with Crippen LogP contribution in [0.25, 0.3) is 22.8 Å². The maximum atomic E-state index is 13.1. The summed E-state index contributed by atoms with van der Waals surface area (Å²) in [5, 5.41) is 17.4. The molecular weight excluding hydrogens is 391 g/mol. The number of halogens is 1. The second-order valence-corrected chi connectivity index (χ2v) is 7.46. The van der Waals surface area contributed by atoms with Crippen LogP contribution in [0.2, 0.25) is 0 Å². The van der Waals surface area contributed by atoms with Gasteiger partial charge in [0.15, 0.2) is 11.0 Å². The fraction of sp³-hybridized carbons (Fsp3) is 0.150. The predicted octanol–water partition coefficient (Wildman–Crippen LogP) is 4.57. The molecule has 0 saturated carbocycles. The zero-order valence-corrected chi connectivity index (χ0v) is 16.4. The van der Waals surface area contributed by atoms with Gasteiger partial charge in [0.2, 0.25) is 11.8 Å². The van der Waals surface area contributed by atoms with Gasteiger partial charge in [-0.05, 0) is 43.3 Å². The minimum absolute atomic E-state index is 0.158. The summed E-state index contributed by atoms with van der Waals surface area (Å²) in [6, 6.07) is 9.69. The lowest BCUT2D eigenvalue weighted by molar-refractivity contribution is 0.508. The third kappa shape index (κ3) is 4.09. The van der Waals surface area contributed by atoms with Crippen LogP contribution in [-0.4, -0.2) is 29.9 Å². The Hall–Kier alpha value is -3.33. The molecule has 4 rings (SSSR count). The molecule has 0 saturated heterocycles. The largest absolute Gasteiger partial charge is 0.419 e. The first-order valence-corrected chi connectivity index (χ1v) is 9.74. The molecule has 0 amide bonds. The Morgan fingerprint density at radius 3 is 2.55 bits per heavy atom. The van der Waals surface area contributed by atoms with Gasteiger partial charge in [-0.2, -0.15) is 0 Å². The van der Waals surface area contributed by atoms with Crippen molar-refractivity contribution in [1.82, 2.24) is 29.9 Å². The fourth-order valence-electron chi connectivity index (χ4n) is 2.70. The van der Waals surface area contributed by atoms with Crippen LogP contribution >= 0.6 is 11.8 Å². The van der Waals surface area contributed by atoms with E-state index >= 15 is 0 Å². The SMILES string of the molecule is C=CCn1c(S[C@H](C)c2nnc(-c3ccc(F)cc3)o2)nnc1-c1ccncc1. The predicted molar refractivity (Wildman–Crippen MR) is 107 cm³/mol. The van der Waals surface area contributed by atoms with E-state index in [0.717, 1.165) is 11.4 Å². The lowest BCUT2D eigenvalue weighted by Crippen LogP contribution is -2.02.